The summed E-state index contributed by atoms with van der Waals surface area (Å²) in [5.74, 6) is 0. The molecule has 0 aliphatic rings. The number of hydrogen-bond acceptors (Lipinski definition) is 8. The van der Waals surface area contributed by atoms with E-state index in [1.165, 1.54) is 0 Å². The third-order valence-electron chi connectivity index (χ3n) is 0. The molecule has 0 bridgehead atoms. The molecule has 0 N–H and O–H groups in total. The van der Waals surface area contributed by atoms with Crippen molar-refractivity contribution in [3.63, 3.8) is 0 Å². The normalized spacial score (nSPS) is 8.36. The van der Waals surface area contributed by atoms with E-state index >= 15 is 0 Å². The van der Waals surface area contributed by atoms with Crippen LogP contribution in [0.5, 0.6) is 0 Å². The maximum Gasteiger partial charge on any atom is 2.00 e. The molecule has 0 spiro atoms. The minimum absolute atomic E-state index is 0. The van der Waals surface area contributed by atoms with E-state index in [2.05, 4.69) is 0 Å². The summed E-state index contributed by atoms with van der Waals surface area (Å²) in [6.45, 7) is 0. The zero-order chi connectivity index (χ0) is 9.00. The molecule has 0 saturated heterocycles. The van der Waals surface area contributed by atoms with Crippen LogP contribution in [-0.2, 0) is 15.0 Å². The van der Waals surface area contributed by atoms with Crippen molar-refractivity contribution in [1.29, 1.82) is 0 Å². The van der Waals surface area contributed by atoms with Crippen LogP contribution < -0.4 is 103 Å². The molecular formula is CaNa3O8PS. The Kier molecular flexibility index (Phi) is 44.6. The fourth-order valence-electron chi connectivity index (χ4n) is 0. The molecule has 14 heteroatoms. The van der Waals surface area contributed by atoms with Gasteiger partial charge in [-0.15, -0.1) is 0 Å². The van der Waals surface area contributed by atoms with Gasteiger partial charge in [0.25, 0.3) is 0 Å². The second-order valence-electron chi connectivity index (χ2n) is 0.855. The minimum atomic E-state index is -5.39. The summed E-state index contributed by atoms with van der Waals surface area (Å²) in [7, 11) is -10.6. The first-order valence-electron chi connectivity index (χ1n) is 1.40. The average Bonchev–Trinajstić information content (AvgIpc) is 1.12. The molecule has 8 nitrogen and oxygen atoms in total. The summed E-state index contributed by atoms with van der Waals surface area (Å²) in [6.07, 6.45) is 0. The summed E-state index contributed by atoms with van der Waals surface area (Å²) in [6, 6.07) is 0. The van der Waals surface area contributed by atoms with Gasteiger partial charge in [-0.1, -0.05) is 0 Å². The van der Waals surface area contributed by atoms with Crippen molar-refractivity contribution in [3.8, 4) is 0 Å². The van der Waals surface area contributed by atoms with Gasteiger partial charge in [0.05, 0.1) is 0 Å². The van der Waals surface area contributed by atoms with E-state index in [4.69, 9.17) is 36.8 Å². The maximum atomic E-state index is 8.55. The Labute approximate surface area is 177 Å². The van der Waals surface area contributed by atoms with Crippen LogP contribution in [0.15, 0.2) is 0 Å². The first-order chi connectivity index (χ1) is 4.00. The van der Waals surface area contributed by atoms with E-state index in [0.29, 0.717) is 0 Å². The smallest absolute Gasteiger partial charge is 0.822 e. The van der Waals surface area contributed by atoms with Crippen LogP contribution >= 0.6 is 7.82 Å². The molecule has 0 saturated carbocycles. The molecule has 0 aliphatic heterocycles. The van der Waals surface area contributed by atoms with Crippen LogP contribution in [0.4, 0.5) is 0 Å². The first kappa shape index (κ1) is 36.2. The van der Waals surface area contributed by atoms with E-state index in [9.17, 15) is 0 Å². The Morgan fingerprint density at radius 2 is 0.857 bits per heavy atom. The van der Waals surface area contributed by atoms with Gasteiger partial charge < -0.3 is 28.4 Å². The van der Waals surface area contributed by atoms with Crippen molar-refractivity contribution in [1.82, 2.24) is 0 Å². The second-order valence-corrected chi connectivity index (χ2v) is 2.57. The minimum Gasteiger partial charge on any atom is -0.822 e. The zero-order valence-electron chi connectivity index (χ0n) is 7.83. The Morgan fingerprint density at radius 3 is 0.857 bits per heavy atom. The monoisotopic (exact) mass is 300 g/mol. The Hall–Kier alpha value is 4.24. The topological polar surface area (TPSA) is 167 Å². The molecule has 0 aromatic carbocycles. The first-order valence-corrected chi connectivity index (χ1v) is 4.19. The molecule has 0 aromatic rings. The van der Waals surface area contributed by atoms with Gasteiger partial charge in [0.15, 0.2) is 0 Å². The fourth-order valence-corrected chi connectivity index (χ4v) is 0. The van der Waals surface area contributed by atoms with E-state index in [1.807, 2.05) is 0 Å². The van der Waals surface area contributed by atoms with Crippen molar-refractivity contribution in [2.45, 2.75) is 0 Å². The van der Waals surface area contributed by atoms with Crippen molar-refractivity contribution in [2.24, 2.45) is 0 Å². The quantitative estimate of drug-likeness (QED) is 0.184. The van der Waals surface area contributed by atoms with Crippen molar-refractivity contribution in [3.05, 3.63) is 0 Å². The number of hydrogen-bond donors (Lipinski definition) is 0. The van der Waals surface area contributed by atoms with Crippen LogP contribution in [0.25, 0.3) is 0 Å². The van der Waals surface area contributed by atoms with Gasteiger partial charge in [-0.2, -0.15) is 7.82 Å². The van der Waals surface area contributed by atoms with Crippen LogP contribution in [0.3, 0.4) is 0 Å². The summed E-state index contributed by atoms with van der Waals surface area (Å²) in [4.78, 5) is 25.6. The number of rotatable bonds is 0. The van der Waals surface area contributed by atoms with Gasteiger partial charge in [-0.25, -0.2) is 0 Å². The molecule has 0 heterocycles. The third-order valence-corrected chi connectivity index (χ3v) is 0. The predicted molar refractivity (Wildman–Crippen MR) is 23.8 cm³/mol. The summed E-state index contributed by atoms with van der Waals surface area (Å²) in [5.41, 5.74) is 0. The predicted octanol–water partition coefficient (Wildman–Crippen LogP) is -13.5. The summed E-state index contributed by atoms with van der Waals surface area (Å²) in [5, 5.41) is 0. The van der Waals surface area contributed by atoms with Gasteiger partial charge in [-0.3, -0.25) is 8.42 Å². The molecule has 0 unspecified atom stereocenters. The fraction of sp³-hybridized carbons (Fsp3) is 0. The molecule has 0 atom stereocenters. The van der Waals surface area contributed by atoms with Crippen molar-refractivity contribution >= 4 is 56.0 Å². The van der Waals surface area contributed by atoms with Gasteiger partial charge >= 0.3 is 126 Å². The van der Waals surface area contributed by atoms with Gasteiger partial charge in [0.1, 0.15) is 0 Å². The Balaban J connectivity index is -0.0000000178. The largest absolute Gasteiger partial charge is 2.00 e. The molecule has 0 aliphatic carbocycles. The summed E-state index contributed by atoms with van der Waals surface area (Å²) < 4.78 is 42.6. The Morgan fingerprint density at radius 1 is 0.857 bits per heavy atom. The number of phosphoric acid groups is 1. The van der Waals surface area contributed by atoms with Crippen molar-refractivity contribution in [2.75, 3.05) is 0 Å². The van der Waals surface area contributed by atoms with Crippen LogP contribution in [0, 0.1) is 0 Å². The molecule has 0 amide bonds. The SMILES string of the molecule is O=P([O-])([O-])[O-].O=S(=O)([O-])[O-].[Ca+2].[Na+].[Na+].[Na+]. The molecule has 14 heavy (non-hydrogen) atoms. The third kappa shape index (κ3) is 210. The van der Waals surface area contributed by atoms with Gasteiger partial charge in [0.2, 0.25) is 0 Å². The van der Waals surface area contributed by atoms with E-state index in [1.54, 1.807) is 0 Å². The maximum absolute atomic E-state index is 8.55. The average molecular weight is 300 g/mol. The van der Waals surface area contributed by atoms with Crippen LogP contribution in [0.2, 0.25) is 0 Å². The standard InChI is InChI=1S/Ca.3Na.H3O4P.H2O4S/c;;;;2*1-5(2,3)4/h;;;;(H3,1,2,3,4);(H2,1,2,3,4)/q+2;3*+1;;/p-5. The van der Waals surface area contributed by atoms with E-state index in [0.717, 1.165) is 0 Å². The molecule has 0 radical (unpaired) electrons. The van der Waals surface area contributed by atoms with Crippen LogP contribution in [-0.4, -0.2) is 55.3 Å². The Bertz CT molecular complexity index is 202. The molecule has 0 rings (SSSR count). The molecule has 0 fully saturated rings. The van der Waals surface area contributed by atoms with E-state index in [-0.39, 0.29) is 126 Å². The molecular weight excluding hydrogens is 300 g/mol. The van der Waals surface area contributed by atoms with Gasteiger partial charge in [-0.05, 0) is 0 Å². The van der Waals surface area contributed by atoms with Crippen molar-refractivity contribution < 1.29 is 125 Å². The molecule has 0 aromatic heterocycles. The van der Waals surface area contributed by atoms with E-state index < -0.39 is 18.2 Å². The van der Waals surface area contributed by atoms with Gasteiger partial charge in [0, 0.05) is 10.4 Å². The molecule has 64 valence electrons. The second kappa shape index (κ2) is 17.2. The zero-order valence-corrected chi connectivity index (χ0v) is 17.7. The van der Waals surface area contributed by atoms with Crippen LogP contribution in [0.1, 0.15) is 0 Å². The summed E-state index contributed by atoms with van der Waals surface area (Å²) >= 11 is 0.